The fourth-order valence-electron chi connectivity index (χ4n) is 6.51. The maximum atomic E-state index is 13.3. The number of aromatic amines is 1. The number of nitrogens with one attached hydrogen (secondary N) is 2. The van der Waals surface area contributed by atoms with Crippen LogP contribution in [0.4, 0.5) is 11.4 Å². The summed E-state index contributed by atoms with van der Waals surface area (Å²) in [4.78, 5) is 29.3. The molecule has 3 aromatic carbocycles. The molecule has 318 valence electrons. The predicted octanol–water partition coefficient (Wildman–Crippen LogP) is 3.96. The Kier molecular flexibility index (Phi) is 14.9. The molecule has 0 radical (unpaired) electrons. The van der Waals surface area contributed by atoms with Crippen molar-refractivity contribution in [3.63, 3.8) is 0 Å². The third kappa shape index (κ3) is 11.9. The number of benzene rings is 3. The first-order valence-electron chi connectivity index (χ1n) is 19.2. The highest BCUT2D eigenvalue weighted by molar-refractivity contribution is 7.89. The highest BCUT2D eigenvalue weighted by Gasteiger charge is 2.29. The Bertz CT molecular complexity index is 2520. The van der Waals surface area contributed by atoms with E-state index in [-0.39, 0.29) is 22.0 Å². The molecule has 17 nitrogen and oxygen atoms in total. The van der Waals surface area contributed by atoms with E-state index in [0.29, 0.717) is 74.4 Å². The van der Waals surface area contributed by atoms with Gasteiger partial charge in [0.25, 0.3) is 15.7 Å². The Labute approximate surface area is 345 Å². The lowest BCUT2D eigenvalue weighted by molar-refractivity contribution is 0.222. The topological polar surface area (TPSA) is 216 Å². The molecule has 0 atom stereocenters. The number of ether oxygens (including phenoxy) is 1. The van der Waals surface area contributed by atoms with Gasteiger partial charge in [0.1, 0.15) is 28.7 Å². The molecule has 0 saturated carbocycles. The molecule has 59 heavy (non-hydrogen) atoms. The third-order valence-corrected chi connectivity index (χ3v) is 11.3. The van der Waals surface area contributed by atoms with E-state index < -0.39 is 20.1 Å². The van der Waals surface area contributed by atoms with Crippen LogP contribution in [0.25, 0.3) is 22.4 Å². The van der Waals surface area contributed by atoms with Crippen LogP contribution >= 0.6 is 0 Å². The maximum Gasteiger partial charge on any atom is 0.277 e. The normalized spacial score (nSPS) is 14.7. The van der Waals surface area contributed by atoms with Crippen LogP contribution in [-0.2, 0) is 33.6 Å². The molecule has 0 spiro atoms. The van der Waals surface area contributed by atoms with Crippen LogP contribution in [0.2, 0.25) is 0 Å². The van der Waals surface area contributed by atoms with Crippen molar-refractivity contribution in [1.82, 2.24) is 34.3 Å². The number of sulfonamides is 1. The summed E-state index contributed by atoms with van der Waals surface area (Å²) in [7, 11) is -3.67. The van der Waals surface area contributed by atoms with Gasteiger partial charge < -0.3 is 29.9 Å². The minimum absolute atomic E-state index is 0.147. The molecule has 5 aromatic rings. The minimum Gasteiger partial charge on any atom is -0.508 e. The van der Waals surface area contributed by atoms with Crippen LogP contribution in [-0.4, -0.2) is 127 Å². The second kappa shape index (κ2) is 19.6. The average Bonchev–Trinajstić information content (AvgIpc) is 3.82. The first-order valence-corrected chi connectivity index (χ1v) is 22.5. The second-order valence-electron chi connectivity index (χ2n) is 14.2. The molecule has 2 aliphatic rings. The molecule has 1 fully saturated rings. The van der Waals surface area contributed by atoms with Gasteiger partial charge >= 0.3 is 0 Å². The number of aryl methyl sites for hydroxylation is 3. The smallest absolute Gasteiger partial charge is 0.277 e. The van der Waals surface area contributed by atoms with Gasteiger partial charge in [-0.3, -0.25) is 19.0 Å². The van der Waals surface area contributed by atoms with Gasteiger partial charge in [-0.25, -0.2) is 13.4 Å². The Morgan fingerprint density at radius 3 is 2.24 bits per heavy atom. The summed E-state index contributed by atoms with van der Waals surface area (Å²) >= 11 is 0. The largest absolute Gasteiger partial charge is 0.508 e. The lowest BCUT2D eigenvalue weighted by Gasteiger charge is -2.31. The van der Waals surface area contributed by atoms with Crippen LogP contribution in [0.15, 0.2) is 81.4 Å². The number of aliphatic imine (C=N–C) groups is 1. The van der Waals surface area contributed by atoms with Gasteiger partial charge in [-0.15, -0.1) is 0 Å². The fourth-order valence-corrected chi connectivity index (χ4v) is 7.96. The van der Waals surface area contributed by atoms with E-state index in [1.165, 1.54) is 14.6 Å². The van der Waals surface area contributed by atoms with Crippen LogP contribution in [0.1, 0.15) is 31.5 Å². The number of nitrogens with zero attached hydrogens (tertiary/aromatic N) is 7. The number of hydrogen-bond donors (Lipinski definition) is 4. The summed E-state index contributed by atoms with van der Waals surface area (Å²) in [6.45, 7) is 11.0. The number of phenols is 1. The monoisotopic (exact) mass is 851 g/mol. The summed E-state index contributed by atoms with van der Waals surface area (Å²) in [5, 5.41) is 17.5. The first kappa shape index (κ1) is 44.8. The SMILES string of the molecule is CCCc1nn(C)c2c(=O)[nH]c(-c3cc(S(=O)(=O)N4CCN(C)CC4)ccc3OCC)nc12.CS(=O)(=O)O.Cc1ccc(N(CC2=NCCN2)c2cccc(O)c2)cc1. The lowest BCUT2D eigenvalue weighted by Crippen LogP contribution is -2.47. The van der Waals surface area contributed by atoms with E-state index in [1.54, 1.807) is 37.4 Å². The van der Waals surface area contributed by atoms with Crippen molar-refractivity contribution in [2.24, 2.45) is 12.0 Å². The number of anilines is 2. The molecular weight excluding hydrogens is 799 g/mol. The number of aromatic hydroxyl groups is 1. The van der Waals surface area contributed by atoms with Crippen LogP contribution in [0.3, 0.4) is 0 Å². The lowest BCUT2D eigenvalue weighted by atomic mass is 10.1. The standard InChI is InChI=1S/C22H30N6O4S.C17H19N3O.CH4O3S/c1-5-7-17-19-20(27(4)25-17)22(29)24-21(23-19)16-14-15(8-9-18(16)32-6-2)33(30,31)28-12-10-26(3)11-13-28;1-13-5-7-14(8-6-13)20(12-17-18-9-10-19-17)15-3-2-4-16(21)11-15;1-5(2,3)4/h8-9,14H,5-7,10-13H2,1-4H3,(H,23,24,29);2-8,11,21H,9-10,12H2,1H3,(H,18,19);1H3,(H,2,3,4). The van der Waals surface area contributed by atoms with Crippen molar-refractivity contribution >= 4 is 48.4 Å². The van der Waals surface area contributed by atoms with E-state index in [1.807, 2.05) is 33.0 Å². The molecule has 7 rings (SSSR count). The van der Waals surface area contributed by atoms with Crippen LogP contribution in [0.5, 0.6) is 11.5 Å². The molecule has 2 aliphatic heterocycles. The van der Waals surface area contributed by atoms with E-state index in [4.69, 9.17) is 14.3 Å². The van der Waals surface area contributed by atoms with E-state index in [0.717, 1.165) is 42.4 Å². The molecule has 4 N–H and O–H groups in total. The second-order valence-corrected chi connectivity index (χ2v) is 17.6. The number of amidine groups is 1. The van der Waals surface area contributed by atoms with Gasteiger partial charge in [-0.2, -0.15) is 17.8 Å². The average molecular weight is 852 g/mol. The van der Waals surface area contributed by atoms with E-state index in [2.05, 4.69) is 61.4 Å². The first-order chi connectivity index (χ1) is 28.0. The maximum absolute atomic E-state index is 13.3. The zero-order valence-electron chi connectivity index (χ0n) is 34.2. The Morgan fingerprint density at radius 2 is 1.63 bits per heavy atom. The number of hydrogen-bond acceptors (Lipinski definition) is 13. The number of likely N-dealkylation sites (N-methyl/N-ethyl adjacent to an activating group) is 1. The molecule has 0 bridgehead atoms. The van der Waals surface area contributed by atoms with Gasteiger partial charge in [0.15, 0.2) is 5.52 Å². The Balaban J connectivity index is 0.000000217. The highest BCUT2D eigenvalue weighted by Crippen LogP contribution is 2.33. The van der Waals surface area contributed by atoms with Gasteiger partial charge in [0.05, 0.1) is 42.1 Å². The molecule has 0 amide bonds. The number of piperazine rings is 1. The molecule has 1 saturated heterocycles. The van der Waals surface area contributed by atoms with Crippen molar-refractivity contribution in [1.29, 1.82) is 0 Å². The summed E-state index contributed by atoms with van der Waals surface area (Å²) in [5.74, 6) is 1.97. The number of fused-ring (bicyclic) bond motifs is 1. The zero-order chi connectivity index (χ0) is 42.9. The Hall–Kier alpha value is -5.34. The fraction of sp³-hybridized carbons (Fsp3) is 0.400. The Morgan fingerprint density at radius 1 is 0.932 bits per heavy atom. The molecule has 4 heterocycles. The number of H-pyrrole nitrogens is 1. The summed E-state index contributed by atoms with van der Waals surface area (Å²) in [5.41, 5.74) is 5.01. The number of aromatic nitrogens is 4. The zero-order valence-corrected chi connectivity index (χ0v) is 35.8. The van der Waals surface area contributed by atoms with Gasteiger partial charge in [-0.1, -0.05) is 37.1 Å². The number of rotatable bonds is 11. The molecule has 0 unspecified atom stereocenters. The van der Waals surface area contributed by atoms with E-state index in [9.17, 15) is 26.7 Å². The molecule has 0 aliphatic carbocycles. The van der Waals surface area contributed by atoms with Crippen molar-refractivity contribution in [3.05, 3.63) is 88.3 Å². The number of phenolic OH excluding ortho intramolecular Hbond substituents is 1. The van der Waals surface area contributed by atoms with Crippen molar-refractivity contribution in [2.45, 2.75) is 38.5 Å². The highest BCUT2D eigenvalue weighted by atomic mass is 32.2. The third-order valence-electron chi connectivity index (χ3n) is 9.39. The quantitative estimate of drug-likeness (QED) is 0.139. The molecular formula is C40H53N9O8S2. The van der Waals surface area contributed by atoms with Gasteiger partial charge in [0, 0.05) is 57.2 Å². The van der Waals surface area contributed by atoms with Gasteiger partial charge in [-0.05, 0) is 69.8 Å². The predicted molar refractivity (Wildman–Crippen MR) is 230 cm³/mol. The van der Waals surface area contributed by atoms with Crippen LogP contribution in [0, 0.1) is 6.92 Å². The van der Waals surface area contributed by atoms with Crippen LogP contribution < -0.4 is 20.5 Å². The minimum atomic E-state index is -3.70. The molecule has 2 aromatic heterocycles. The van der Waals surface area contributed by atoms with E-state index >= 15 is 0 Å². The summed E-state index contributed by atoms with van der Waals surface area (Å²) in [6.07, 6.45) is 2.26. The van der Waals surface area contributed by atoms with Crippen molar-refractivity contribution in [2.75, 3.05) is 70.6 Å². The molecule has 19 heteroatoms. The van der Waals surface area contributed by atoms with Crippen molar-refractivity contribution in [3.8, 4) is 22.9 Å². The van der Waals surface area contributed by atoms with Crippen molar-refractivity contribution < 1.29 is 31.2 Å². The van der Waals surface area contributed by atoms with Gasteiger partial charge in [0.2, 0.25) is 10.0 Å². The summed E-state index contributed by atoms with van der Waals surface area (Å²) in [6, 6.07) is 20.4. The summed E-state index contributed by atoms with van der Waals surface area (Å²) < 4.78 is 61.3.